The second kappa shape index (κ2) is 15.3. The number of nitrogens with zero attached hydrogens (tertiary/aromatic N) is 2. The Bertz CT molecular complexity index is 566. The van der Waals surface area contributed by atoms with Gasteiger partial charge >= 0.3 is 0 Å². The summed E-state index contributed by atoms with van der Waals surface area (Å²) in [5.74, 6) is 1.02. The molecule has 160 valence electrons. The Morgan fingerprint density at radius 1 is 1.21 bits per heavy atom. The first kappa shape index (κ1) is 25.5. The Hall–Kier alpha value is -0.570. The van der Waals surface area contributed by atoms with Gasteiger partial charge in [0.15, 0.2) is 5.96 Å². The molecule has 0 unspecified atom stereocenters. The normalized spacial score (nSPS) is 15.4. The van der Waals surface area contributed by atoms with E-state index in [-0.39, 0.29) is 24.0 Å². The summed E-state index contributed by atoms with van der Waals surface area (Å²) in [6.07, 6.45) is 5.39. The maximum Gasteiger partial charge on any atom is 0.193 e. The van der Waals surface area contributed by atoms with Gasteiger partial charge in [0.25, 0.3) is 0 Å². The van der Waals surface area contributed by atoms with Crippen LogP contribution >= 0.6 is 35.6 Å². The fraction of sp³-hybridized carbons (Fsp3) is 0.667. The van der Waals surface area contributed by atoms with Crippen LogP contribution in [-0.4, -0.2) is 63.5 Å². The molecule has 0 amide bonds. The van der Waals surface area contributed by atoms with E-state index in [1.165, 1.54) is 5.56 Å². The fourth-order valence-corrected chi connectivity index (χ4v) is 3.50. The predicted octanol–water partition coefficient (Wildman–Crippen LogP) is 4.37. The third-order valence-corrected chi connectivity index (χ3v) is 5.12. The van der Waals surface area contributed by atoms with Gasteiger partial charge in [0.1, 0.15) is 0 Å². The lowest BCUT2D eigenvalue weighted by Crippen LogP contribution is -2.47. The molecule has 28 heavy (non-hydrogen) atoms. The Morgan fingerprint density at radius 2 is 1.96 bits per heavy atom. The molecule has 0 bridgehead atoms. The summed E-state index contributed by atoms with van der Waals surface area (Å²) in [7, 11) is 1.73. The number of ether oxygens (including phenoxy) is 2. The van der Waals surface area contributed by atoms with Crippen LogP contribution in [0.15, 0.2) is 29.3 Å². The van der Waals surface area contributed by atoms with Gasteiger partial charge in [0.05, 0.1) is 6.10 Å². The topological polar surface area (TPSA) is 46.1 Å². The van der Waals surface area contributed by atoms with E-state index in [0.29, 0.717) is 6.10 Å². The first-order chi connectivity index (χ1) is 13.2. The lowest BCUT2D eigenvalue weighted by atomic mass is 10.1. The van der Waals surface area contributed by atoms with Crippen molar-refractivity contribution in [2.45, 2.75) is 45.1 Å². The molecule has 0 aromatic heterocycles. The summed E-state index contributed by atoms with van der Waals surface area (Å²) in [6.45, 7) is 7.35. The summed E-state index contributed by atoms with van der Waals surface area (Å²) >= 11 is 6.23. The highest BCUT2D eigenvalue weighted by Gasteiger charge is 2.21. The average molecular weight is 524 g/mol. The average Bonchev–Trinajstić information content (AvgIpc) is 2.69. The van der Waals surface area contributed by atoms with Gasteiger partial charge in [-0.3, -0.25) is 4.99 Å². The molecule has 5 nitrogen and oxygen atoms in total. The zero-order valence-electron chi connectivity index (χ0n) is 17.2. The van der Waals surface area contributed by atoms with E-state index >= 15 is 0 Å². The lowest BCUT2D eigenvalue weighted by molar-refractivity contribution is 0.00990. The molecule has 1 N–H and O–H groups in total. The molecule has 1 heterocycles. The van der Waals surface area contributed by atoms with Gasteiger partial charge in [-0.05, 0) is 50.7 Å². The van der Waals surface area contributed by atoms with E-state index in [4.69, 9.17) is 26.1 Å². The molecular formula is C21H35ClIN3O2. The van der Waals surface area contributed by atoms with Gasteiger partial charge < -0.3 is 19.7 Å². The number of aliphatic imine (C=N–C) groups is 1. The number of aryl methyl sites for hydroxylation is 1. The number of likely N-dealkylation sites (tertiary alicyclic amines) is 1. The molecule has 0 saturated carbocycles. The van der Waals surface area contributed by atoms with Crippen molar-refractivity contribution in [1.29, 1.82) is 0 Å². The number of hydrogen-bond donors (Lipinski definition) is 1. The van der Waals surface area contributed by atoms with Crippen LogP contribution in [0.2, 0.25) is 5.02 Å². The molecule has 0 spiro atoms. The van der Waals surface area contributed by atoms with Gasteiger partial charge in [-0.2, -0.15) is 0 Å². The molecule has 1 aromatic rings. The minimum Gasteiger partial charge on any atom is -0.385 e. The van der Waals surface area contributed by atoms with Crippen LogP contribution < -0.4 is 5.32 Å². The first-order valence-electron chi connectivity index (χ1n) is 10.1. The van der Waals surface area contributed by atoms with E-state index in [1.54, 1.807) is 7.11 Å². The van der Waals surface area contributed by atoms with E-state index in [1.807, 2.05) is 18.2 Å². The smallest absolute Gasteiger partial charge is 0.193 e. The SMILES string of the molecule is CCNC(=NCCCc1ccccc1Cl)N1CCC(OCCCOC)CC1.I. The van der Waals surface area contributed by atoms with E-state index in [0.717, 1.165) is 82.5 Å². The Morgan fingerprint density at radius 3 is 2.64 bits per heavy atom. The number of hydrogen-bond acceptors (Lipinski definition) is 3. The Kier molecular flexibility index (Phi) is 13.9. The quantitative estimate of drug-likeness (QED) is 0.214. The fourth-order valence-electron chi connectivity index (χ4n) is 3.27. The largest absolute Gasteiger partial charge is 0.385 e. The van der Waals surface area contributed by atoms with Gasteiger partial charge in [-0.1, -0.05) is 29.8 Å². The minimum atomic E-state index is 0. The number of piperidine rings is 1. The third kappa shape index (κ3) is 9.29. The molecule has 1 saturated heterocycles. The lowest BCUT2D eigenvalue weighted by Gasteiger charge is -2.34. The molecule has 1 aromatic carbocycles. The minimum absolute atomic E-state index is 0. The predicted molar refractivity (Wildman–Crippen MR) is 128 cm³/mol. The van der Waals surface area contributed by atoms with Gasteiger partial charge in [0.2, 0.25) is 0 Å². The monoisotopic (exact) mass is 523 g/mol. The van der Waals surface area contributed by atoms with Crippen molar-refractivity contribution in [1.82, 2.24) is 10.2 Å². The van der Waals surface area contributed by atoms with E-state index in [9.17, 15) is 0 Å². The van der Waals surface area contributed by atoms with Crippen LogP contribution in [0.3, 0.4) is 0 Å². The van der Waals surface area contributed by atoms with Crippen LogP contribution in [-0.2, 0) is 15.9 Å². The van der Waals surface area contributed by atoms with Crippen molar-refractivity contribution in [2.24, 2.45) is 4.99 Å². The Balaban J connectivity index is 0.00000392. The number of halogens is 2. The number of guanidine groups is 1. The standard InChI is InChI=1S/C21H34ClN3O2.HI/c1-3-23-21(24-13-6-9-18-8-4-5-10-20(18)22)25-14-11-19(12-15-25)27-17-7-16-26-2;/h4-5,8,10,19H,3,6-7,9,11-17H2,1-2H3,(H,23,24);1H. The van der Waals surface area contributed by atoms with Crippen LogP contribution in [0, 0.1) is 0 Å². The molecule has 0 radical (unpaired) electrons. The first-order valence-corrected chi connectivity index (χ1v) is 10.5. The summed E-state index contributed by atoms with van der Waals surface area (Å²) in [5, 5.41) is 4.28. The van der Waals surface area contributed by atoms with Crippen molar-refractivity contribution < 1.29 is 9.47 Å². The summed E-state index contributed by atoms with van der Waals surface area (Å²) in [5.41, 5.74) is 1.20. The Labute approximate surface area is 192 Å². The highest BCUT2D eigenvalue weighted by atomic mass is 127. The van der Waals surface area contributed by atoms with Crippen molar-refractivity contribution in [3.05, 3.63) is 34.9 Å². The summed E-state index contributed by atoms with van der Waals surface area (Å²) < 4.78 is 11.0. The van der Waals surface area contributed by atoms with Gasteiger partial charge in [0, 0.05) is 51.5 Å². The van der Waals surface area contributed by atoms with Gasteiger partial charge in [-0.25, -0.2) is 0 Å². The van der Waals surface area contributed by atoms with Crippen molar-refractivity contribution >= 4 is 41.5 Å². The molecule has 1 fully saturated rings. The second-order valence-electron chi connectivity index (χ2n) is 6.83. The van der Waals surface area contributed by atoms with E-state index < -0.39 is 0 Å². The highest BCUT2D eigenvalue weighted by molar-refractivity contribution is 14.0. The van der Waals surface area contributed by atoms with E-state index in [2.05, 4.69) is 23.2 Å². The van der Waals surface area contributed by atoms with Crippen LogP contribution in [0.5, 0.6) is 0 Å². The van der Waals surface area contributed by atoms with Gasteiger partial charge in [-0.15, -0.1) is 24.0 Å². The molecule has 0 aliphatic carbocycles. The number of nitrogens with one attached hydrogen (secondary N) is 1. The van der Waals surface area contributed by atoms with Crippen LogP contribution in [0.1, 0.15) is 38.2 Å². The third-order valence-electron chi connectivity index (χ3n) is 4.75. The molecule has 2 rings (SSSR count). The highest BCUT2D eigenvalue weighted by Crippen LogP contribution is 2.17. The summed E-state index contributed by atoms with van der Waals surface area (Å²) in [4.78, 5) is 7.18. The zero-order chi connectivity index (χ0) is 19.3. The number of benzene rings is 1. The molecule has 0 atom stereocenters. The van der Waals surface area contributed by atoms with Crippen molar-refractivity contribution in [3.8, 4) is 0 Å². The number of rotatable bonds is 10. The molecule has 1 aliphatic heterocycles. The molecule has 7 heteroatoms. The molecular weight excluding hydrogens is 489 g/mol. The zero-order valence-corrected chi connectivity index (χ0v) is 20.2. The van der Waals surface area contributed by atoms with Crippen molar-refractivity contribution in [3.63, 3.8) is 0 Å². The number of methoxy groups -OCH3 is 1. The second-order valence-corrected chi connectivity index (χ2v) is 7.24. The van der Waals surface area contributed by atoms with Crippen LogP contribution in [0.25, 0.3) is 0 Å². The van der Waals surface area contributed by atoms with Crippen molar-refractivity contribution in [2.75, 3.05) is 46.5 Å². The van der Waals surface area contributed by atoms with Crippen LogP contribution in [0.4, 0.5) is 0 Å². The maximum absolute atomic E-state index is 6.23. The summed E-state index contributed by atoms with van der Waals surface area (Å²) in [6, 6.07) is 8.05. The molecule has 1 aliphatic rings. The maximum atomic E-state index is 6.23.